The maximum Gasteiger partial charge on any atom is 0.0916 e. The maximum atomic E-state index is 5.38. The number of nitrogens with zero attached hydrogens (tertiary/aromatic N) is 1. The summed E-state index contributed by atoms with van der Waals surface area (Å²) in [6, 6.07) is 8.57. The van der Waals surface area contributed by atoms with E-state index in [4.69, 9.17) is 4.74 Å². The summed E-state index contributed by atoms with van der Waals surface area (Å²) in [7, 11) is 0. The second kappa shape index (κ2) is 5.26. The Morgan fingerprint density at radius 3 is 2.72 bits per heavy atom. The number of anilines is 1. The van der Waals surface area contributed by atoms with Crippen LogP contribution >= 0.6 is 22.7 Å². The first kappa shape index (κ1) is 12.0. The molecule has 94 valence electrons. The molecule has 3 heterocycles. The third-order valence-corrected chi connectivity index (χ3v) is 5.17. The summed E-state index contributed by atoms with van der Waals surface area (Å²) in [5, 5.41) is 3.42. The van der Waals surface area contributed by atoms with Crippen LogP contribution in [0.3, 0.4) is 0 Å². The molecule has 0 aromatic carbocycles. The summed E-state index contributed by atoms with van der Waals surface area (Å²) in [6.07, 6.45) is 0. The van der Waals surface area contributed by atoms with Crippen LogP contribution in [0.1, 0.15) is 9.75 Å². The van der Waals surface area contributed by atoms with Crippen LogP contribution in [0.15, 0.2) is 36.2 Å². The summed E-state index contributed by atoms with van der Waals surface area (Å²) in [5.41, 5.74) is 1.13. The van der Waals surface area contributed by atoms with Gasteiger partial charge in [0.2, 0.25) is 0 Å². The molecule has 0 bridgehead atoms. The zero-order valence-electron chi connectivity index (χ0n) is 10.1. The van der Waals surface area contributed by atoms with Gasteiger partial charge in [0, 0.05) is 28.4 Å². The quantitative estimate of drug-likeness (QED) is 0.848. The average molecular weight is 277 g/mol. The van der Waals surface area contributed by atoms with Gasteiger partial charge in [-0.15, -0.1) is 22.7 Å². The summed E-state index contributed by atoms with van der Waals surface area (Å²) < 4.78 is 5.38. The lowest BCUT2D eigenvalue weighted by atomic mass is 10.2. The molecule has 2 aromatic rings. The predicted molar refractivity (Wildman–Crippen MR) is 79.8 cm³/mol. The molecule has 1 saturated heterocycles. The van der Waals surface area contributed by atoms with Crippen molar-refractivity contribution in [2.24, 2.45) is 0 Å². The molecule has 0 spiro atoms. The molecule has 1 aliphatic rings. The zero-order chi connectivity index (χ0) is 12.4. The predicted octanol–water partition coefficient (Wildman–Crippen LogP) is 3.71. The molecule has 18 heavy (non-hydrogen) atoms. The van der Waals surface area contributed by atoms with Crippen molar-refractivity contribution >= 4 is 33.2 Å². The van der Waals surface area contributed by atoms with Crippen molar-refractivity contribution in [1.29, 1.82) is 0 Å². The Morgan fingerprint density at radius 1 is 1.17 bits per heavy atom. The minimum absolute atomic E-state index is 0.832. The van der Waals surface area contributed by atoms with E-state index in [1.807, 2.05) is 11.3 Å². The van der Waals surface area contributed by atoms with Gasteiger partial charge in [0.25, 0.3) is 0 Å². The lowest BCUT2D eigenvalue weighted by Crippen LogP contribution is -2.35. The molecular weight excluding hydrogens is 262 g/mol. The molecule has 0 radical (unpaired) electrons. The molecule has 4 heteroatoms. The van der Waals surface area contributed by atoms with Crippen LogP contribution < -0.4 is 4.90 Å². The molecule has 1 fully saturated rings. The fourth-order valence-corrected chi connectivity index (χ4v) is 3.84. The maximum absolute atomic E-state index is 5.38. The van der Waals surface area contributed by atoms with Crippen LogP contribution in [-0.2, 0) is 4.74 Å². The molecule has 3 rings (SSSR count). The Hall–Kier alpha value is -1.10. The van der Waals surface area contributed by atoms with Gasteiger partial charge in [-0.2, -0.15) is 0 Å². The fourth-order valence-electron chi connectivity index (χ4n) is 2.02. The summed E-state index contributed by atoms with van der Waals surface area (Å²) in [6.45, 7) is 7.85. The number of morpholine rings is 1. The van der Waals surface area contributed by atoms with Crippen LogP contribution in [0.4, 0.5) is 5.00 Å². The molecule has 0 saturated carbocycles. The van der Waals surface area contributed by atoms with E-state index < -0.39 is 0 Å². The van der Waals surface area contributed by atoms with E-state index in [1.165, 1.54) is 14.8 Å². The second-order valence-electron chi connectivity index (χ2n) is 4.19. The molecule has 2 nitrogen and oxygen atoms in total. The summed E-state index contributed by atoms with van der Waals surface area (Å²) in [5.74, 6) is 0. The van der Waals surface area contributed by atoms with Crippen LogP contribution in [0, 0.1) is 0 Å². The van der Waals surface area contributed by atoms with Gasteiger partial charge in [0.1, 0.15) is 0 Å². The molecule has 2 aromatic heterocycles. The number of ether oxygens (including phenoxy) is 1. The Labute approximate surface area is 115 Å². The Balaban J connectivity index is 1.78. The minimum Gasteiger partial charge on any atom is -0.378 e. The Kier molecular flexibility index (Phi) is 3.50. The number of rotatable bonds is 3. The highest BCUT2D eigenvalue weighted by Gasteiger charge is 2.14. The largest absolute Gasteiger partial charge is 0.378 e. The van der Waals surface area contributed by atoms with E-state index in [9.17, 15) is 0 Å². The monoisotopic (exact) mass is 277 g/mol. The SMILES string of the molecule is C=C(c1cccs1)c1ccc(N2CCOCC2)s1. The van der Waals surface area contributed by atoms with E-state index in [0.717, 1.165) is 31.9 Å². The molecule has 0 atom stereocenters. The molecule has 0 amide bonds. The first-order valence-electron chi connectivity index (χ1n) is 6.00. The smallest absolute Gasteiger partial charge is 0.0916 e. The molecule has 0 aliphatic carbocycles. The lowest BCUT2D eigenvalue weighted by molar-refractivity contribution is 0.123. The molecule has 0 unspecified atom stereocenters. The minimum atomic E-state index is 0.832. The first-order valence-corrected chi connectivity index (χ1v) is 7.70. The Bertz CT molecular complexity index is 524. The van der Waals surface area contributed by atoms with Gasteiger partial charge in [0.15, 0.2) is 0 Å². The molecular formula is C14H15NOS2. The Morgan fingerprint density at radius 2 is 2.00 bits per heavy atom. The first-order chi connectivity index (χ1) is 8.84. The van der Waals surface area contributed by atoms with Gasteiger partial charge in [-0.1, -0.05) is 12.6 Å². The lowest BCUT2D eigenvalue weighted by Gasteiger charge is -2.27. The number of thiophene rings is 2. The third kappa shape index (κ3) is 2.36. The topological polar surface area (TPSA) is 12.5 Å². The van der Waals surface area contributed by atoms with Gasteiger partial charge in [-0.3, -0.25) is 0 Å². The van der Waals surface area contributed by atoms with E-state index in [2.05, 4.69) is 41.1 Å². The standard InChI is InChI=1S/C14H15NOS2/c1-11(12-3-2-10-17-12)13-4-5-14(18-13)15-6-8-16-9-7-15/h2-5,10H,1,6-9H2. The van der Waals surface area contributed by atoms with E-state index >= 15 is 0 Å². The summed E-state index contributed by atoms with van der Waals surface area (Å²) in [4.78, 5) is 4.91. The highest BCUT2D eigenvalue weighted by Crippen LogP contribution is 2.34. The van der Waals surface area contributed by atoms with Crippen LogP contribution in [-0.4, -0.2) is 26.3 Å². The van der Waals surface area contributed by atoms with Crippen LogP contribution in [0.25, 0.3) is 5.57 Å². The van der Waals surface area contributed by atoms with E-state index in [1.54, 1.807) is 11.3 Å². The van der Waals surface area contributed by atoms with Crippen molar-refractivity contribution < 1.29 is 4.74 Å². The highest BCUT2D eigenvalue weighted by atomic mass is 32.1. The summed E-state index contributed by atoms with van der Waals surface area (Å²) >= 11 is 3.57. The van der Waals surface area contributed by atoms with Gasteiger partial charge < -0.3 is 9.64 Å². The number of hydrogen-bond donors (Lipinski definition) is 0. The van der Waals surface area contributed by atoms with E-state index in [0.29, 0.717) is 0 Å². The van der Waals surface area contributed by atoms with Crippen molar-refractivity contribution in [2.75, 3.05) is 31.2 Å². The zero-order valence-corrected chi connectivity index (χ0v) is 11.7. The second-order valence-corrected chi connectivity index (χ2v) is 6.20. The highest BCUT2D eigenvalue weighted by molar-refractivity contribution is 7.18. The van der Waals surface area contributed by atoms with Crippen molar-refractivity contribution in [1.82, 2.24) is 0 Å². The third-order valence-electron chi connectivity index (χ3n) is 3.03. The van der Waals surface area contributed by atoms with Gasteiger partial charge in [0.05, 0.1) is 18.2 Å². The molecule has 0 N–H and O–H groups in total. The van der Waals surface area contributed by atoms with Gasteiger partial charge in [-0.05, 0) is 23.6 Å². The van der Waals surface area contributed by atoms with Gasteiger partial charge >= 0.3 is 0 Å². The van der Waals surface area contributed by atoms with Crippen LogP contribution in [0.5, 0.6) is 0 Å². The average Bonchev–Trinajstić information content (AvgIpc) is 3.10. The van der Waals surface area contributed by atoms with Crippen molar-refractivity contribution in [3.8, 4) is 0 Å². The van der Waals surface area contributed by atoms with E-state index in [-0.39, 0.29) is 0 Å². The number of hydrogen-bond acceptors (Lipinski definition) is 4. The normalized spacial score (nSPS) is 15.9. The van der Waals surface area contributed by atoms with Crippen molar-refractivity contribution in [3.63, 3.8) is 0 Å². The van der Waals surface area contributed by atoms with Crippen LogP contribution in [0.2, 0.25) is 0 Å². The molecule has 1 aliphatic heterocycles. The van der Waals surface area contributed by atoms with Gasteiger partial charge in [-0.25, -0.2) is 0 Å². The van der Waals surface area contributed by atoms with Crippen molar-refractivity contribution in [3.05, 3.63) is 46.0 Å². The van der Waals surface area contributed by atoms with Crippen molar-refractivity contribution in [2.45, 2.75) is 0 Å². The fraction of sp³-hybridized carbons (Fsp3) is 0.286.